The molecule has 0 unspecified atom stereocenters. The van der Waals surface area contributed by atoms with Crippen LogP contribution in [0.25, 0.3) is 21.9 Å². The number of nitrogens with zero attached hydrogens (tertiary/aromatic N) is 8. The molecule has 3 N–H and O–H groups in total. The minimum absolute atomic E-state index is 0.163. The fourth-order valence-electron chi connectivity index (χ4n) is 12.0. The predicted molar refractivity (Wildman–Crippen MR) is 233 cm³/mol. The third-order valence-corrected chi connectivity index (χ3v) is 17.2. The molecule has 3 aliphatic carbocycles. The number of aromatic nitrogens is 4. The lowest BCUT2D eigenvalue weighted by Crippen LogP contribution is -2.67. The zero-order valence-electron chi connectivity index (χ0n) is 35.4. The van der Waals surface area contributed by atoms with Crippen molar-refractivity contribution in [1.29, 1.82) is 5.26 Å². The van der Waals surface area contributed by atoms with E-state index in [0.29, 0.717) is 46.8 Å². The molecular formula is C46H48F2N10O5S. The van der Waals surface area contributed by atoms with E-state index in [2.05, 4.69) is 25.2 Å². The number of piperidine rings is 1. The van der Waals surface area contributed by atoms with Gasteiger partial charge in [0.15, 0.2) is 17.4 Å². The summed E-state index contributed by atoms with van der Waals surface area (Å²) in [5.41, 5.74) is 3.88. The third kappa shape index (κ3) is 6.52. The van der Waals surface area contributed by atoms with Crippen LogP contribution < -0.4 is 25.0 Å². The number of hydrogen-bond acceptors (Lipinski definition) is 11. The number of sulfonamides is 1. The molecule has 64 heavy (non-hydrogen) atoms. The number of carbonyl (C=O) groups excluding carboxylic acids is 2. The highest BCUT2D eigenvalue weighted by atomic mass is 32.2. The van der Waals surface area contributed by atoms with Crippen LogP contribution in [0.1, 0.15) is 93.4 Å². The van der Waals surface area contributed by atoms with Gasteiger partial charge < -0.3 is 14.5 Å². The molecule has 11 rings (SSSR count). The standard InChI is InChI=1S/C46H48F2N10O5S/c1-55-38-18-39(34(48)17-30(38)42(54-55)58-13-8-40(59)53-43(58)60)57-25-45(26-57)21-28(22-45)56-14-11-44(12-15-56)19-27(20-44)37-24-51-35-7-4-29(16-36(35)52-37)63-41-31(23-49)32(5-6-33(41)47)46(64(50,61)62)9-2-3-10-46/h4-7,16-18,24,27-28H,2-3,8-15,19-22,25-26H2,1H3,(H2,50,61,62)(H,53,59,60). The fraction of sp³-hybridized carbons (Fsp3) is 0.478. The largest absolute Gasteiger partial charge is 0.453 e. The van der Waals surface area contributed by atoms with E-state index in [-0.39, 0.29) is 76.9 Å². The van der Waals surface area contributed by atoms with Crippen molar-refractivity contribution in [3.05, 3.63) is 77.1 Å². The molecule has 332 valence electrons. The number of rotatable bonds is 8. The predicted octanol–water partition coefficient (Wildman–Crippen LogP) is 6.59. The number of amides is 3. The summed E-state index contributed by atoms with van der Waals surface area (Å²) in [7, 11) is -2.33. The Bertz CT molecular complexity index is 2940. The maximum Gasteiger partial charge on any atom is 0.329 e. The molecule has 18 heteroatoms. The molecule has 3 aromatic carbocycles. The topological polar surface area (TPSA) is 193 Å². The van der Waals surface area contributed by atoms with E-state index in [1.54, 1.807) is 29.9 Å². The molecule has 3 amide bonds. The Labute approximate surface area is 368 Å². The Kier molecular flexibility index (Phi) is 9.36. The Hall–Kier alpha value is -5.77. The molecule has 6 fully saturated rings. The first-order valence-corrected chi connectivity index (χ1v) is 23.7. The SMILES string of the molecule is Cn1nc(N2CCC(=O)NC2=O)c2cc(F)c(N3CC4(CC(N5CCC6(CC5)CC(c5cnc7ccc(Oc8c(F)ccc(C9(S(N)(=O)=O)CCCC9)c8C#N)cc7n5)C6)C4)C3)cc21. The van der Waals surface area contributed by atoms with E-state index in [1.165, 1.54) is 17.0 Å². The number of ether oxygens (including phenoxy) is 1. The zero-order valence-corrected chi connectivity index (χ0v) is 36.3. The molecular weight excluding hydrogens is 843 g/mol. The monoisotopic (exact) mass is 890 g/mol. The number of carbonyl (C=O) groups is 2. The molecule has 3 saturated carbocycles. The van der Waals surface area contributed by atoms with E-state index >= 15 is 8.78 Å². The minimum Gasteiger partial charge on any atom is -0.453 e. The van der Waals surface area contributed by atoms with Gasteiger partial charge in [0.1, 0.15) is 27.9 Å². The van der Waals surface area contributed by atoms with Crippen molar-refractivity contribution < 1.29 is 31.5 Å². The molecule has 2 spiro atoms. The lowest BCUT2D eigenvalue weighted by molar-refractivity contribution is -0.120. The average Bonchev–Trinajstić information content (AvgIpc) is 3.85. The van der Waals surface area contributed by atoms with E-state index in [1.807, 2.05) is 18.3 Å². The smallest absolute Gasteiger partial charge is 0.329 e. The van der Waals surface area contributed by atoms with Crippen LogP contribution in [0.15, 0.2) is 48.7 Å². The van der Waals surface area contributed by atoms with Gasteiger partial charge in [0.2, 0.25) is 15.9 Å². The van der Waals surface area contributed by atoms with Crippen molar-refractivity contribution in [2.75, 3.05) is 42.5 Å². The Balaban J connectivity index is 0.700. The lowest BCUT2D eigenvalue weighted by Gasteiger charge is -2.63. The summed E-state index contributed by atoms with van der Waals surface area (Å²) in [6, 6.07) is 12.8. The summed E-state index contributed by atoms with van der Waals surface area (Å²) < 4.78 is 62.9. The first-order chi connectivity index (χ1) is 30.7. The number of imide groups is 1. The van der Waals surface area contributed by atoms with Crippen LogP contribution in [-0.2, 0) is 26.6 Å². The Morgan fingerprint density at radius 1 is 0.922 bits per heavy atom. The van der Waals surface area contributed by atoms with Gasteiger partial charge in [0, 0.05) is 68.1 Å². The van der Waals surface area contributed by atoms with Gasteiger partial charge in [-0.2, -0.15) is 10.4 Å². The second kappa shape index (κ2) is 14.6. The molecule has 2 aromatic heterocycles. The van der Waals surface area contributed by atoms with E-state index in [9.17, 15) is 23.3 Å². The van der Waals surface area contributed by atoms with Crippen molar-refractivity contribution in [3.8, 4) is 17.6 Å². The molecule has 5 aromatic rings. The molecule has 15 nitrogen and oxygen atoms in total. The fourth-order valence-corrected chi connectivity index (χ4v) is 13.3. The van der Waals surface area contributed by atoms with Crippen molar-refractivity contribution in [1.82, 2.24) is 30.0 Å². The number of urea groups is 1. The number of aryl methyl sites for hydroxylation is 1. The van der Waals surface area contributed by atoms with Crippen LogP contribution in [0, 0.1) is 33.8 Å². The van der Waals surface area contributed by atoms with Crippen molar-refractivity contribution in [2.45, 2.75) is 87.3 Å². The number of likely N-dealkylation sites (tertiary alicyclic amines) is 1. The van der Waals surface area contributed by atoms with Gasteiger partial charge in [-0.05, 0) is 106 Å². The van der Waals surface area contributed by atoms with E-state index in [0.717, 1.165) is 82.0 Å². The molecule has 3 saturated heterocycles. The van der Waals surface area contributed by atoms with Gasteiger partial charge in [-0.1, -0.05) is 18.9 Å². The van der Waals surface area contributed by atoms with Gasteiger partial charge >= 0.3 is 6.03 Å². The highest BCUT2D eigenvalue weighted by molar-refractivity contribution is 7.90. The number of anilines is 2. The van der Waals surface area contributed by atoms with E-state index < -0.39 is 26.6 Å². The second-order valence-corrected chi connectivity index (χ2v) is 21.2. The molecule has 3 aliphatic heterocycles. The van der Waals surface area contributed by atoms with Crippen LogP contribution in [0.5, 0.6) is 11.5 Å². The molecule has 6 aliphatic rings. The molecule has 0 bridgehead atoms. The third-order valence-electron chi connectivity index (χ3n) is 15.5. The first kappa shape index (κ1) is 41.0. The van der Waals surface area contributed by atoms with Crippen LogP contribution in [0.3, 0.4) is 0 Å². The van der Waals surface area contributed by atoms with Gasteiger partial charge in [0.05, 0.1) is 27.9 Å². The zero-order chi connectivity index (χ0) is 44.3. The number of primary sulfonamides is 1. The van der Waals surface area contributed by atoms with Gasteiger partial charge in [-0.25, -0.2) is 32.1 Å². The number of benzene rings is 3. The van der Waals surface area contributed by atoms with Crippen LogP contribution in [-0.4, -0.2) is 83.8 Å². The van der Waals surface area contributed by atoms with Crippen LogP contribution in [0.4, 0.5) is 25.1 Å². The number of hydrogen-bond donors (Lipinski definition) is 2. The summed E-state index contributed by atoms with van der Waals surface area (Å²) in [6.45, 7) is 3.92. The highest BCUT2D eigenvalue weighted by Crippen LogP contribution is 2.58. The average molecular weight is 891 g/mol. The van der Waals surface area contributed by atoms with Gasteiger partial charge in [0.25, 0.3) is 0 Å². The molecule has 0 atom stereocenters. The quantitative estimate of drug-likeness (QED) is 0.171. The van der Waals surface area contributed by atoms with E-state index in [4.69, 9.17) is 14.9 Å². The van der Waals surface area contributed by atoms with Crippen LogP contribution in [0.2, 0.25) is 0 Å². The van der Waals surface area contributed by atoms with Gasteiger partial charge in [-0.3, -0.25) is 24.7 Å². The van der Waals surface area contributed by atoms with Crippen molar-refractivity contribution in [3.63, 3.8) is 0 Å². The van der Waals surface area contributed by atoms with Crippen molar-refractivity contribution in [2.24, 2.45) is 23.0 Å². The maximum atomic E-state index is 15.7. The second-order valence-electron chi connectivity index (χ2n) is 19.3. The van der Waals surface area contributed by atoms with Gasteiger partial charge in [-0.15, -0.1) is 0 Å². The number of nitrogens with two attached hydrogens (primary N) is 1. The summed E-state index contributed by atoms with van der Waals surface area (Å²) in [6.07, 6.45) is 10.3. The lowest BCUT2D eigenvalue weighted by atomic mass is 9.55. The molecule has 5 heterocycles. The summed E-state index contributed by atoms with van der Waals surface area (Å²) >= 11 is 0. The highest BCUT2D eigenvalue weighted by Gasteiger charge is 2.56. The Morgan fingerprint density at radius 2 is 1.67 bits per heavy atom. The Morgan fingerprint density at radius 3 is 2.38 bits per heavy atom. The van der Waals surface area contributed by atoms with Crippen LogP contribution >= 0.6 is 0 Å². The number of fused-ring (bicyclic) bond motifs is 2. The van der Waals surface area contributed by atoms with Crippen molar-refractivity contribution >= 4 is 55.4 Å². The first-order valence-electron chi connectivity index (χ1n) is 22.1. The minimum atomic E-state index is -4.11. The maximum absolute atomic E-state index is 15.7. The number of nitrogens with one attached hydrogen (secondary N) is 1. The summed E-state index contributed by atoms with van der Waals surface area (Å²) in [5.74, 6) is -0.924. The summed E-state index contributed by atoms with van der Waals surface area (Å²) in [4.78, 5) is 40.0. The number of nitriles is 1. The number of halogens is 2. The normalized spacial score (nSPS) is 22.1. The molecule has 0 radical (unpaired) electrons. The summed E-state index contributed by atoms with van der Waals surface area (Å²) in [5, 5.41) is 23.3.